The fourth-order valence-electron chi connectivity index (χ4n) is 1.14. The number of nitrogens with zero attached hydrogens (tertiary/aromatic N) is 2. The highest BCUT2D eigenvalue weighted by Gasteiger charge is 2.14. The highest BCUT2D eigenvalue weighted by molar-refractivity contribution is 9.10. The number of aryl methyl sites for hydroxylation is 1. The lowest BCUT2D eigenvalue weighted by molar-refractivity contribution is 0.423. The molecule has 78 valence electrons. The Morgan fingerprint density at radius 1 is 1.27 bits per heavy atom. The number of halogens is 3. The van der Waals surface area contributed by atoms with Gasteiger partial charge in [-0.15, -0.1) is 0 Å². The van der Waals surface area contributed by atoms with Gasteiger partial charge in [0.2, 0.25) is 4.73 Å². The van der Waals surface area contributed by atoms with Gasteiger partial charge in [-0.3, -0.25) is 0 Å². The van der Waals surface area contributed by atoms with E-state index in [0.29, 0.717) is 5.56 Å². The SMILES string of the molecule is Cc1cc(-c2nc(Br)no2)c(F)cc1F. The topological polar surface area (TPSA) is 38.9 Å². The van der Waals surface area contributed by atoms with E-state index in [1.807, 2.05) is 0 Å². The Kier molecular flexibility index (Phi) is 2.52. The van der Waals surface area contributed by atoms with Gasteiger partial charge in [0.15, 0.2) is 0 Å². The summed E-state index contributed by atoms with van der Waals surface area (Å²) in [6.07, 6.45) is 0. The van der Waals surface area contributed by atoms with E-state index in [0.717, 1.165) is 6.07 Å². The summed E-state index contributed by atoms with van der Waals surface area (Å²) >= 11 is 2.97. The minimum atomic E-state index is -0.728. The lowest BCUT2D eigenvalue weighted by Gasteiger charge is -2.00. The molecule has 6 heteroatoms. The molecule has 1 aromatic heterocycles. The third-order valence-electron chi connectivity index (χ3n) is 1.88. The Morgan fingerprint density at radius 2 is 2.00 bits per heavy atom. The number of rotatable bonds is 1. The van der Waals surface area contributed by atoms with E-state index in [9.17, 15) is 8.78 Å². The van der Waals surface area contributed by atoms with E-state index in [1.165, 1.54) is 13.0 Å². The lowest BCUT2D eigenvalue weighted by atomic mass is 10.1. The van der Waals surface area contributed by atoms with Crippen LogP contribution in [0, 0.1) is 18.6 Å². The van der Waals surface area contributed by atoms with E-state index in [2.05, 4.69) is 26.1 Å². The monoisotopic (exact) mass is 274 g/mol. The molecule has 0 fully saturated rings. The van der Waals surface area contributed by atoms with Crippen LogP contribution in [0.25, 0.3) is 11.5 Å². The molecule has 0 aliphatic rings. The standard InChI is InChI=1S/C9H5BrF2N2O/c1-4-2-5(7(12)3-6(4)11)8-13-9(10)14-15-8/h2-3H,1H3. The van der Waals surface area contributed by atoms with E-state index >= 15 is 0 Å². The minimum absolute atomic E-state index is 0.0162. The van der Waals surface area contributed by atoms with Gasteiger partial charge < -0.3 is 4.52 Å². The van der Waals surface area contributed by atoms with Crippen molar-refractivity contribution in [3.05, 3.63) is 34.1 Å². The average molecular weight is 275 g/mol. The molecule has 0 radical (unpaired) electrons. The van der Waals surface area contributed by atoms with Gasteiger partial charge in [0.25, 0.3) is 5.89 Å². The summed E-state index contributed by atoms with van der Waals surface area (Å²) in [6, 6.07) is 2.12. The zero-order valence-corrected chi connectivity index (χ0v) is 9.18. The molecule has 2 rings (SSSR count). The third kappa shape index (κ3) is 1.90. The molecule has 2 aromatic rings. The van der Waals surface area contributed by atoms with E-state index in [-0.39, 0.29) is 16.2 Å². The molecule has 0 spiro atoms. The summed E-state index contributed by atoms with van der Waals surface area (Å²) in [4.78, 5) is 3.79. The predicted molar refractivity (Wildman–Crippen MR) is 52.1 cm³/mol. The second kappa shape index (κ2) is 3.69. The van der Waals surface area contributed by atoms with Gasteiger partial charge in [0.1, 0.15) is 11.6 Å². The molecule has 1 heterocycles. The van der Waals surface area contributed by atoms with Crippen LogP contribution in [-0.4, -0.2) is 10.1 Å². The van der Waals surface area contributed by atoms with Crippen LogP contribution in [0.1, 0.15) is 5.56 Å². The van der Waals surface area contributed by atoms with E-state index in [1.54, 1.807) is 0 Å². The van der Waals surface area contributed by atoms with Gasteiger partial charge in [-0.25, -0.2) is 8.78 Å². The zero-order chi connectivity index (χ0) is 11.0. The molecule has 0 saturated carbocycles. The molecule has 0 aliphatic carbocycles. The molecule has 3 nitrogen and oxygen atoms in total. The van der Waals surface area contributed by atoms with Gasteiger partial charge in [0.05, 0.1) is 5.56 Å². The van der Waals surface area contributed by atoms with Crippen molar-refractivity contribution in [3.8, 4) is 11.5 Å². The molecule has 1 aromatic carbocycles. The van der Waals surface area contributed by atoms with Crippen LogP contribution < -0.4 is 0 Å². The first-order valence-electron chi connectivity index (χ1n) is 4.03. The highest BCUT2D eigenvalue weighted by Crippen LogP contribution is 2.24. The van der Waals surface area contributed by atoms with Crippen molar-refractivity contribution in [2.24, 2.45) is 0 Å². The van der Waals surface area contributed by atoms with Crippen molar-refractivity contribution in [1.29, 1.82) is 0 Å². The summed E-state index contributed by atoms with van der Waals surface area (Å²) in [5.41, 5.74) is 0.410. The summed E-state index contributed by atoms with van der Waals surface area (Å²) < 4.78 is 31.3. The zero-order valence-electron chi connectivity index (χ0n) is 7.59. The number of hydrogen-bond donors (Lipinski definition) is 0. The predicted octanol–water partition coefficient (Wildman–Crippen LogP) is 3.09. The van der Waals surface area contributed by atoms with E-state index in [4.69, 9.17) is 4.52 Å². The van der Waals surface area contributed by atoms with Gasteiger partial charge >= 0.3 is 0 Å². The van der Waals surface area contributed by atoms with E-state index < -0.39 is 11.6 Å². The van der Waals surface area contributed by atoms with Gasteiger partial charge in [-0.2, -0.15) is 4.98 Å². The fraction of sp³-hybridized carbons (Fsp3) is 0.111. The fourth-order valence-corrected chi connectivity index (χ4v) is 1.37. The van der Waals surface area contributed by atoms with Crippen LogP contribution in [-0.2, 0) is 0 Å². The summed E-state index contributed by atoms with van der Waals surface area (Å²) in [5, 5.41) is 3.46. The Hall–Kier alpha value is -1.30. The molecule has 0 bridgehead atoms. The van der Waals surface area contributed by atoms with Gasteiger partial charge in [-0.1, -0.05) is 0 Å². The molecule has 15 heavy (non-hydrogen) atoms. The highest BCUT2D eigenvalue weighted by atomic mass is 79.9. The molecule has 0 N–H and O–H groups in total. The van der Waals surface area contributed by atoms with Crippen LogP contribution in [0.4, 0.5) is 8.78 Å². The van der Waals surface area contributed by atoms with Crippen LogP contribution in [0.15, 0.2) is 21.4 Å². The maximum atomic E-state index is 13.3. The van der Waals surface area contributed by atoms with Crippen molar-refractivity contribution in [2.75, 3.05) is 0 Å². The quantitative estimate of drug-likeness (QED) is 0.802. The third-order valence-corrected chi connectivity index (χ3v) is 2.20. The average Bonchev–Trinajstić information content (AvgIpc) is 2.58. The Labute approximate surface area is 92.2 Å². The molecule has 0 atom stereocenters. The maximum Gasteiger partial charge on any atom is 0.261 e. The van der Waals surface area contributed by atoms with Crippen molar-refractivity contribution in [3.63, 3.8) is 0 Å². The number of benzene rings is 1. The van der Waals surface area contributed by atoms with Crippen molar-refractivity contribution < 1.29 is 13.3 Å². The van der Waals surface area contributed by atoms with Gasteiger partial charge in [-0.05, 0) is 39.6 Å². The Morgan fingerprint density at radius 3 is 2.60 bits per heavy atom. The first-order valence-corrected chi connectivity index (χ1v) is 4.82. The summed E-state index contributed by atoms with van der Waals surface area (Å²) in [7, 11) is 0. The summed E-state index contributed by atoms with van der Waals surface area (Å²) in [5.74, 6) is -1.31. The van der Waals surface area contributed by atoms with Crippen LogP contribution in [0.2, 0.25) is 0 Å². The normalized spacial score (nSPS) is 10.7. The Bertz CT molecular complexity index is 513. The molecule has 0 aliphatic heterocycles. The first-order chi connectivity index (χ1) is 7.08. The second-order valence-electron chi connectivity index (χ2n) is 2.95. The molecular formula is C9H5BrF2N2O. The van der Waals surface area contributed by atoms with Crippen LogP contribution in [0.3, 0.4) is 0 Å². The van der Waals surface area contributed by atoms with Crippen molar-refractivity contribution in [1.82, 2.24) is 10.1 Å². The van der Waals surface area contributed by atoms with Crippen LogP contribution in [0.5, 0.6) is 0 Å². The minimum Gasteiger partial charge on any atom is -0.333 e. The number of aromatic nitrogens is 2. The lowest BCUT2D eigenvalue weighted by Crippen LogP contribution is -1.90. The largest absolute Gasteiger partial charge is 0.333 e. The maximum absolute atomic E-state index is 13.3. The number of hydrogen-bond acceptors (Lipinski definition) is 3. The van der Waals surface area contributed by atoms with Crippen molar-refractivity contribution >= 4 is 15.9 Å². The van der Waals surface area contributed by atoms with Crippen LogP contribution >= 0.6 is 15.9 Å². The molecular weight excluding hydrogens is 270 g/mol. The van der Waals surface area contributed by atoms with Gasteiger partial charge in [0, 0.05) is 6.07 Å². The molecule has 0 amide bonds. The molecule has 0 unspecified atom stereocenters. The van der Waals surface area contributed by atoms with Crippen molar-refractivity contribution in [2.45, 2.75) is 6.92 Å². The first kappa shape index (κ1) is 10.2. The smallest absolute Gasteiger partial charge is 0.261 e. The second-order valence-corrected chi connectivity index (χ2v) is 3.66. The Balaban J connectivity index is 2.58. The molecule has 0 saturated heterocycles. The summed E-state index contributed by atoms with van der Waals surface area (Å²) in [6.45, 7) is 1.53.